The third-order valence-electron chi connectivity index (χ3n) is 3.43. The zero-order valence-corrected chi connectivity index (χ0v) is 13.6. The number of H-pyrrole nitrogens is 1. The number of esters is 1. The predicted octanol–water partition coefficient (Wildman–Crippen LogP) is 2.50. The molecule has 0 aliphatic heterocycles. The van der Waals surface area contributed by atoms with Crippen molar-refractivity contribution in [2.24, 2.45) is 5.92 Å². The topological polar surface area (TPSA) is 80.4 Å². The largest absolute Gasteiger partial charge is 0.497 e. The number of rotatable bonds is 7. The molecule has 0 atom stereocenters. The van der Waals surface area contributed by atoms with Crippen molar-refractivity contribution in [2.75, 3.05) is 20.3 Å². The van der Waals surface area contributed by atoms with Crippen molar-refractivity contribution in [3.8, 4) is 5.75 Å². The predicted molar refractivity (Wildman–Crippen MR) is 87.6 cm³/mol. The van der Waals surface area contributed by atoms with E-state index in [-0.39, 0.29) is 12.5 Å². The average molecular weight is 318 g/mol. The molecule has 1 heterocycles. The van der Waals surface area contributed by atoms with Crippen LogP contribution in [0.2, 0.25) is 0 Å². The highest BCUT2D eigenvalue weighted by molar-refractivity contribution is 5.96. The molecule has 0 aliphatic carbocycles. The Morgan fingerprint density at radius 3 is 2.74 bits per heavy atom. The van der Waals surface area contributed by atoms with E-state index in [0.717, 1.165) is 17.3 Å². The first-order valence-corrected chi connectivity index (χ1v) is 7.60. The highest BCUT2D eigenvalue weighted by atomic mass is 16.5. The lowest BCUT2D eigenvalue weighted by Gasteiger charge is -2.07. The SMILES string of the molecule is COc1ccc2cc(C(=O)OCC(=O)NCCC(C)C)[nH]c2c1. The summed E-state index contributed by atoms with van der Waals surface area (Å²) in [6.07, 6.45) is 0.892. The number of nitrogens with one attached hydrogen (secondary N) is 2. The van der Waals surface area contributed by atoms with Crippen LogP contribution < -0.4 is 10.1 Å². The van der Waals surface area contributed by atoms with Crippen molar-refractivity contribution in [1.82, 2.24) is 10.3 Å². The number of ether oxygens (including phenoxy) is 2. The molecule has 23 heavy (non-hydrogen) atoms. The first-order valence-electron chi connectivity index (χ1n) is 7.60. The fraction of sp³-hybridized carbons (Fsp3) is 0.412. The molecule has 0 bridgehead atoms. The number of benzene rings is 1. The zero-order chi connectivity index (χ0) is 16.8. The van der Waals surface area contributed by atoms with Crippen LogP contribution in [0.25, 0.3) is 10.9 Å². The van der Waals surface area contributed by atoms with E-state index in [2.05, 4.69) is 24.1 Å². The van der Waals surface area contributed by atoms with Gasteiger partial charge in [0.15, 0.2) is 6.61 Å². The molecular weight excluding hydrogens is 296 g/mol. The van der Waals surface area contributed by atoms with E-state index in [0.29, 0.717) is 23.9 Å². The second kappa shape index (κ2) is 7.67. The van der Waals surface area contributed by atoms with E-state index in [1.54, 1.807) is 19.2 Å². The summed E-state index contributed by atoms with van der Waals surface area (Å²) in [6, 6.07) is 7.14. The lowest BCUT2D eigenvalue weighted by atomic mass is 10.1. The van der Waals surface area contributed by atoms with Gasteiger partial charge in [-0.3, -0.25) is 4.79 Å². The molecule has 2 aromatic rings. The van der Waals surface area contributed by atoms with Crippen LogP contribution >= 0.6 is 0 Å². The van der Waals surface area contributed by atoms with Gasteiger partial charge < -0.3 is 19.8 Å². The van der Waals surface area contributed by atoms with Gasteiger partial charge in [0.25, 0.3) is 5.91 Å². The van der Waals surface area contributed by atoms with Crippen molar-refractivity contribution in [3.63, 3.8) is 0 Å². The first-order chi connectivity index (χ1) is 11.0. The molecule has 0 aliphatic rings. The van der Waals surface area contributed by atoms with Crippen LogP contribution in [0.3, 0.4) is 0 Å². The standard InChI is InChI=1S/C17H22N2O4/c1-11(2)6-7-18-16(20)10-23-17(21)15-8-12-4-5-13(22-3)9-14(12)19-15/h4-5,8-9,11,19H,6-7,10H2,1-3H3,(H,18,20). The van der Waals surface area contributed by atoms with E-state index < -0.39 is 5.97 Å². The van der Waals surface area contributed by atoms with E-state index in [1.807, 2.05) is 12.1 Å². The number of carbonyl (C=O) groups excluding carboxylic acids is 2. The molecule has 1 aromatic heterocycles. The number of hydrogen-bond donors (Lipinski definition) is 2. The maximum atomic E-state index is 12.0. The maximum Gasteiger partial charge on any atom is 0.355 e. The number of fused-ring (bicyclic) bond motifs is 1. The van der Waals surface area contributed by atoms with Crippen LogP contribution in [-0.4, -0.2) is 37.1 Å². The number of amides is 1. The molecule has 1 amide bonds. The number of methoxy groups -OCH3 is 1. The second-order valence-corrected chi connectivity index (χ2v) is 5.74. The molecule has 2 N–H and O–H groups in total. The van der Waals surface area contributed by atoms with Crippen LogP contribution in [0.15, 0.2) is 24.3 Å². The molecule has 0 fully saturated rings. The van der Waals surface area contributed by atoms with Crippen molar-refractivity contribution < 1.29 is 19.1 Å². The Morgan fingerprint density at radius 1 is 1.26 bits per heavy atom. The molecule has 6 heteroatoms. The summed E-state index contributed by atoms with van der Waals surface area (Å²) in [4.78, 5) is 26.6. The van der Waals surface area contributed by atoms with E-state index in [4.69, 9.17) is 9.47 Å². The van der Waals surface area contributed by atoms with Crippen LogP contribution in [0.1, 0.15) is 30.8 Å². The van der Waals surface area contributed by atoms with Gasteiger partial charge in [0, 0.05) is 23.5 Å². The summed E-state index contributed by atoms with van der Waals surface area (Å²) < 4.78 is 10.2. The molecule has 2 rings (SSSR count). The minimum atomic E-state index is -0.556. The summed E-state index contributed by atoms with van der Waals surface area (Å²) in [7, 11) is 1.58. The van der Waals surface area contributed by atoms with Gasteiger partial charge in [-0.2, -0.15) is 0 Å². The van der Waals surface area contributed by atoms with Gasteiger partial charge in [0.2, 0.25) is 0 Å². The molecule has 0 spiro atoms. The van der Waals surface area contributed by atoms with Crippen molar-refractivity contribution in [3.05, 3.63) is 30.0 Å². The Hall–Kier alpha value is -2.50. The van der Waals surface area contributed by atoms with Gasteiger partial charge in [0.05, 0.1) is 7.11 Å². The third-order valence-corrected chi connectivity index (χ3v) is 3.43. The lowest BCUT2D eigenvalue weighted by Crippen LogP contribution is -2.30. The Bertz CT molecular complexity index is 691. The summed E-state index contributed by atoms with van der Waals surface area (Å²) in [5.74, 6) is 0.362. The van der Waals surface area contributed by atoms with Gasteiger partial charge in [-0.15, -0.1) is 0 Å². The normalized spacial score (nSPS) is 10.8. The van der Waals surface area contributed by atoms with Crippen LogP contribution in [0.5, 0.6) is 5.75 Å². The monoisotopic (exact) mass is 318 g/mol. The van der Waals surface area contributed by atoms with E-state index in [9.17, 15) is 9.59 Å². The van der Waals surface area contributed by atoms with Gasteiger partial charge in [-0.25, -0.2) is 4.79 Å². The number of aromatic amines is 1. The molecule has 0 saturated carbocycles. The molecule has 0 radical (unpaired) electrons. The van der Waals surface area contributed by atoms with Crippen LogP contribution in [-0.2, 0) is 9.53 Å². The number of hydrogen-bond acceptors (Lipinski definition) is 4. The summed E-state index contributed by atoms with van der Waals surface area (Å²) in [5, 5.41) is 3.59. The Kier molecular flexibility index (Phi) is 5.62. The smallest absolute Gasteiger partial charge is 0.355 e. The number of aromatic nitrogens is 1. The summed E-state index contributed by atoms with van der Waals surface area (Å²) >= 11 is 0. The fourth-order valence-corrected chi connectivity index (χ4v) is 2.10. The first kappa shape index (κ1) is 16.9. The second-order valence-electron chi connectivity index (χ2n) is 5.74. The van der Waals surface area contributed by atoms with Gasteiger partial charge >= 0.3 is 5.97 Å². The van der Waals surface area contributed by atoms with E-state index in [1.165, 1.54) is 0 Å². The fourth-order valence-electron chi connectivity index (χ4n) is 2.10. The highest BCUT2D eigenvalue weighted by Gasteiger charge is 2.13. The van der Waals surface area contributed by atoms with Gasteiger partial charge in [-0.1, -0.05) is 13.8 Å². The molecule has 6 nitrogen and oxygen atoms in total. The Balaban J connectivity index is 1.89. The number of carbonyl (C=O) groups is 2. The highest BCUT2D eigenvalue weighted by Crippen LogP contribution is 2.21. The van der Waals surface area contributed by atoms with Crippen molar-refractivity contribution >= 4 is 22.8 Å². The quantitative estimate of drug-likeness (QED) is 0.769. The molecule has 0 saturated heterocycles. The molecular formula is C17H22N2O4. The minimum Gasteiger partial charge on any atom is -0.497 e. The third kappa shape index (κ3) is 4.74. The van der Waals surface area contributed by atoms with E-state index >= 15 is 0 Å². The van der Waals surface area contributed by atoms with Gasteiger partial charge in [-0.05, 0) is 30.5 Å². The van der Waals surface area contributed by atoms with Crippen molar-refractivity contribution in [2.45, 2.75) is 20.3 Å². The zero-order valence-electron chi connectivity index (χ0n) is 13.6. The van der Waals surface area contributed by atoms with Crippen molar-refractivity contribution in [1.29, 1.82) is 0 Å². The van der Waals surface area contributed by atoms with Gasteiger partial charge in [0.1, 0.15) is 11.4 Å². The Morgan fingerprint density at radius 2 is 2.04 bits per heavy atom. The lowest BCUT2D eigenvalue weighted by molar-refractivity contribution is -0.124. The minimum absolute atomic E-state index is 0.282. The molecule has 0 unspecified atom stereocenters. The van der Waals surface area contributed by atoms with Crippen LogP contribution in [0, 0.1) is 5.92 Å². The molecule has 124 valence electrons. The summed E-state index contributed by atoms with van der Waals surface area (Å²) in [5.41, 5.74) is 1.08. The Labute approximate surface area is 135 Å². The average Bonchev–Trinajstić information content (AvgIpc) is 2.95. The molecule has 1 aromatic carbocycles. The maximum absolute atomic E-state index is 12.0. The summed E-state index contributed by atoms with van der Waals surface area (Å²) in [6.45, 7) is 4.46. The van der Waals surface area contributed by atoms with Crippen LogP contribution in [0.4, 0.5) is 0 Å².